The van der Waals surface area contributed by atoms with Crippen LogP contribution in [0.15, 0.2) is 18.2 Å². The van der Waals surface area contributed by atoms with Crippen LogP contribution in [-0.4, -0.2) is 34.1 Å². The van der Waals surface area contributed by atoms with E-state index in [1.807, 2.05) is 0 Å². The third-order valence-corrected chi connectivity index (χ3v) is 2.39. The highest BCUT2D eigenvalue weighted by molar-refractivity contribution is 6.02. The molecule has 1 atom stereocenters. The van der Waals surface area contributed by atoms with E-state index in [1.165, 1.54) is 12.1 Å². The first-order valence-corrected chi connectivity index (χ1v) is 5.43. The molecule has 0 saturated carbocycles. The highest BCUT2D eigenvalue weighted by Crippen LogP contribution is 2.17. The summed E-state index contributed by atoms with van der Waals surface area (Å²) in [6.45, 7) is 1.72. The van der Waals surface area contributed by atoms with Crippen LogP contribution in [0.4, 0.5) is 5.69 Å². The zero-order valence-corrected chi connectivity index (χ0v) is 10.2. The Morgan fingerprint density at radius 1 is 1.32 bits per heavy atom. The highest BCUT2D eigenvalue weighted by Gasteiger charge is 2.19. The fourth-order valence-corrected chi connectivity index (χ4v) is 1.45. The van der Waals surface area contributed by atoms with Crippen molar-refractivity contribution in [2.45, 2.75) is 19.4 Å². The summed E-state index contributed by atoms with van der Waals surface area (Å²) in [6.07, 6.45) is -0.528. The van der Waals surface area contributed by atoms with E-state index in [0.29, 0.717) is 0 Å². The molecule has 0 aliphatic carbocycles. The monoisotopic (exact) mass is 266 g/mol. The van der Waals surface area contributed by atoms with Gasteiger partial charge in [0.25, 0.3) is 0 Å². The van der Waals surface area contributed by atoms with Crippen LogP contribution < -0.4 is 11.1 Å². The second kappa shape index (κ2) is 5.96. The molecule has 7 nitrogen and oxygen atoms in total. The lowest BCUT2D eigenvalue weighted by molar-refractivity contribution is -0.138. The number of aryl methyl sites for hydroxylation is 1. The summed E-state index contributed by atoms with van der Waals surface area (Å²) in [5.74, 6) is -3.13. The van der Waals surface area contributed by atoms with Crippen LogP contribution in [0.3, 0.4) is 0 Å². The summed E-state index contributed by atoms with van der Waals surface area (Å²) in [5.41, 5.74) is 6.12. The summed E-state index contributed by atoms with van der Waals surface area (Å²) >= 11 is 0. The van der Waals surface area contributed by atoms with E-state index in [4.69, 9.17) is 15.9 Å². The zero-order chi connectivity index (χ0) is 14.6. The van der Waals surface area contributed by atoms with Gasteiger partial charge in [0.15, 0.2) is 0 Å². The number of carbonyl (C=O) groups is 3. The third-order valence-electron chi connectivity index (χ3n) is 2.39. The Balaban J connectivity index is 2.90. The number of amides is 1. The molecule has 0 bridgehead atoms. The van der Waals surface area contributed by atoms with Gasteiger partial charge in [-0.2, -0.15) is 0 Å². The fourth-order valence-electron chi connectivity index (χ4n) is 1.45. The number of carbonyl (C=O) groups excluding carboxylic acids is 1. The normalized spacial score (nSPS) is 11.7. The Morgan fingerprint density at radius 3 is 2.47 bits per heavy atom. The van der Waals surface area contributed by atoms with Gasteiger partial charge in [-0.25, -0.2) is 4.79 Å². The smallest absolute Gasteiger partial charge is 0.337 e. The summed E-state index contributed by atoms with van der Waals surface area (Å²) in [7, 11) is 0. The van der Waals surface area contributed by atoms with Crippen molar-refractivity contribution in [1.29, 1.82) is 0 Å². The second-order valence-corrected chi connectivity index (χ2v) is 4.05. The lowest BCUT2D eigenvalue weighted by atomic mass is 10.1. The molecule has 0 heterocycles. The number of rotatable bonds is 5. The number of hydrogen-bond donors (Lipinski definition) is 4. The van der Waals surface area contributed by atoms with Crippen LogP contribution in [0.25, 0.3) is 0 Å². The van der Waals surface area contributed by atoms with Crippen molar-refractivity contribution < 1.29 is 24.6 Å². The molecule has 0 aliphatic heterocycles. The molecular formula is C12H14N2O5. The van der Waals surface area contributed by atoms with Crippen molar-refractivity contribution in [3.63, 3.8) is 0 Å². The molecule has 0 spiro atoms. The molecule has 5 N–H and O–H groups in total. The highest BCUT2D eigenvalue weighted by atomic mass is 16.4. The van der Waals surface area contributed by atoms with Crippen LogP contribution in [-0.2, 0) is 9.59 Å². The van der Waals surface area contributed by atoms with Crippen LogP contribution in [0, 0.1) is 6.92 Å². The van der Waals surface area contributed by atoms with Gasteiger partial charge < -0.3 is 21.3 Å². The van der Waals surface area contributed by atoms with E-state index in [1.54, 1.807) is 13.0 Å². The predicted octanol–water partition coefficient (Wildman–Crippen LogP) is 0.434. The van der Waals surface area contributed by atoms with Crippen molar-refractivity contribution in [1.82, 2.24) is 0 Å². The van der Waals surface area contributed by atoms with Gasteiger partial charge in [-0.05, 0) is 19.1 Å². The number of aliphatic carboxylic acids is 1. The molecule has 0 aliphatic rings. The minimum absolute atomic E-state index is 0.0733. The van der Waals surface area contributed by atoms with E-state index in [-0.39, 0.29) is 11.3 Å². The molecule has 0 fully saturated rings. The van der Waals surface area contributed by atoms with Gasteiger partial charge in [0.2, 0.25) is 5.91 Å². The minimum Gasteiger partial charge on any atom is -0.481 e. The van der Waals surface area contributed by atoms with Crippen molar-refractivity contribution in [2.24, 2.45) is 5.73 Å². The second-order valence-electron chi connectivity index (χ2n) is 4.05. The van der Waals surface area contributed by atoms with Crippen molar-refractivity contribution >= 4 is 23.5 Å². The molecule has 7 heteroatoms. The SMILES string of the molecule is Cc1ccc(NC(=O)C(N)CC(=O)O)c(C(=O)O)c1. The first-order valence-electron chi connectivity index (χ1n) is 5.43. The van der Waals surface area contributed by atoms with Gasteiger partial charge in [-0.15, -0.1) is 0 Å². The summed E-state index contributed by atoms with van der Waals surface area (Å²) in [4.78, 5) is 33.1. The average molecular weight is 266 g/mol. The topological polar surface area (TPSA) is 130 Å². The van der Waals surface area contributed by atoms with E-state index in [0.717, 1.165) is 5.56 Å². The molecule has 0 saturated heterocycles. The van der Waals surface area contributed by atoms with Crippen LogP contribution in [0.2, 0.25) is 0 Å². The molecule has 1 aromatic carbocycles. The lowest BCUT2D eigenvalue weighted by Crippen LogP contribution is -2.37. The number of carboxylic acids is 2. The van der Waals surface area contributed by atoms with Gasteiger partial charge in [-0.3, -0.25) is 9.59 Å². The van der Waals surface area contributed by atoms with Gasteiger partial charge in [-0.1, -0.05) is 11.6 Å². The van der Waals surface area contributed by atoms with Gasteiger partial charge in [0.1, 0.15) is 0 Å². The van der Waals surface area contributed by atoms with Crippen LogP contribution in [0.1, 0.15) is 22.3 Å². The number of benzene rings is 1. The average Bonchev–Trinajstić information content (AvgIpc) is 2.30. The number of carboxylic acid groups (broad SMARTS) is 2. The van der Waals surface area contributed by atoms with E-state index < -0.39 is 30.3 Å². The van der Waals surface area contributed by atoms with Gasteiger partial charge >= 0.3 is 11.9 Å². The molecule has 19 heavy (non-hydrogen) atoms. The Hall–Kier alpha value is -2.41. The minimum atomic E-state index is -1.24. The Kier molecular flexibility index (Phi) is 4.60. The van der Waals surface area contributed by atoms with Gasteiger partial charge in [0.05, 0.1) is 23.7 Å². The van der Waals surface area contributed by atoms with Crippen molar-refractivity contribution in [3.8, 4) is 0 Å². The molecule has 1 amide bonds. The molecule has 102 valence electrons. The van der Waals surface area contributed by atoms with Crippen molar-refractivity contribution in [3.05, 3.63) is 29.3 Å². The zero-order valence-electron chi connectivity index (χ0n) is 10.2. The van der Waals surface area contributed by atoms with E-state index in [9.17, 15) is 14.4 Å². The number of aromatic carboxylic acids is 1. The molecule has 1 rings (SSSR count). The van der Waals surface area contributed by atoms with E-state index in [2.05, 4.69) is 5.32 Å². The number of nitrogens with two attached hydrogens (primary N) is 1. The standard InChI is InChI=1S/C12H14N2O5/c1-6-2-3-9(7(4-6)12(18)19)14-11(17)8(13)5-10(15)16/h2-4,8H,5,13H2,1H3,(H,14,17)(H,15,16)(H,18,19). The van der Waals surface area contributed by atoms with Crippen molar-refractivity contribution in [2.75, 3.05) is 5.32 Å². The summed E-state index contributed by atoms with van der Waals surface area (Å²) in [6, 6.07) is 3.23. The maximum absolute atomic E-state index is 11.6. The van der Waals surface area contributed by atoms with Crippen LogP contribution in [0.5, 0.6) is 0 Å². The molecule has 1 unspecified atom stereocenters. The molecule has 0 aromatic heterocycles. The molecule has 1 aromatic rings. The van der Waals surface area contributed by atoms with Crippen LogP contribution >= 0.6 is 0 Å². The molecule has 0 radical (unpaired) electrons. The first kappa shape index (κ1) is 14.7. The lowest BCUT2D eigenvalue weighted by Gasteiger charge is -2.12. The molecular weight excluding hydrogens is 252 g/mol. The number of anilines is 1. The predicted molar refractivity (Wildman–Crippen MR) is 67.0 cm³/mol. The number of nitrogens with one attached hydrogen (secondary N) is 1. The number of hydrogen-bond acceptors (Lipinski definition) is 4. The largest absolute Gasteiger partial charge is 0.481 e. The van der Waals surface area contributed by atoms with E-state index >= 15 is 0 Å². The Morgan fingerprint density at radius 2 is 1.95 bits per heavy atom. The Bertz CT molecular complexity index is 527. The maximum atomic E-state index is 11.6. The van der Waals surface area contributed by atoms with Gasteiger partial charge in [0, 0.05) is 0 Å². The quantitative estimate of drug-likeness (QED) is 0.611. The first-order chi connectivity index (χ1) is 8.81. The third kappa shape index (κ3) is 4.07. The fraction of sp³-hybridized carbons (Fsp3) is 0.250. The maximum Gasteiger partial charge on any atom is 0.337 e. The summed E-state index contributed by atoms with van der Waals surface area (Å²) < 4.78 is 0. The Labute approximate surface area is 109 Å². The summed E-state index contributed by atoms with van der Waals surface area (Å²) in [5, 5.41) is 19.9.